The predicted octanol–water partition coefficient (Wildman–Crippen LogP) is 19.7. The van der Waals surface area contributed by atoms with Crippen molar-refractivity contribution in [2.45, 2.75) is 46.9 Å². The van der Waals surface area contributed by atoms with Crippen LogP contribution in [-0.4, -0.2) is 120 Å². The first kappa shape index (κ1) is 100. The zero-order chi connectivity index (χ0) is 89.3. The Hall–Kier alpha value is -11.5. The lowest BCUT2D eigenvalue weighted by atomic mass is 10.2. The van der Waals surface area contributed by atoms with E-state index in [1.165, 1.54) is 66.1 Å². The number of nitrogens with one attached hydrogen (secondary N) is 6. The first-order chi connectivity index (χ1) is 57.7. The molecule has 0 radical (unpaired) electrons. The molecule has 4 heterocycles. The predicted molar refractivity (Wildman–Crippen MR) is 503 cm³/mol. The van der Waals surface area contributed by atoms with Gasteiger partial charge in [0.2, 0.25) is 0 Å². The fraction of sp³-hybridized carbons (Fsp3) is 0.133. The second-order valence-electron chi connectivity index (χ2n) is 23.7. The number of carbonyl (C=O) groups is 9. The first-order valence-electron chi connectivity index (χ1n) is 34.8. The number of amides is 5. The van der Waals surface area contributed by atoms with Gasteiger partial charge in [-0.25, -0.2) is 19.9 Å². The van der Waals surface area contributed by atoms with Crippen LogP contribution in [0.25, 0.3) is 10.6 Å². The number of Topliss-reactive ketones (excluding diaryl/α,β-unsaturated/α-hetero) is 4. The van der Waals surface area contributed by atoms with Crippen LogP contribution in [0.5, 0.6) is 17.2 Å². The van der Waals surface area contributed by atoms with Crippen LogP contribution in [0.15, 0.2) is 217 Å². The van der Waals surface area contributed by atoms with E-state index < -0.39 is 5.38 Å². The molecule has 8 aromatic carbocycles. The Morgan fingerprint density at radius 3 is 1.25 bits per heavy atom. The molecule has 628 valence electrons. The lowest BCUT2D eigenvalue weighted by Gasteiger charge is -2.09. The van der Waals surface area contributed by atoms with Crippen molar-refractivity contribution in [2.75, 3.05) is 59.0 Å². The summed E-state index contributed by atoms with van der Waals surface area (Å²) in [5.41, 5.74) is 23.6. The number of hydrogen-bond donors (Lipinski definition) is 9. The molecule has 121 heavy (non-hydrogen) atoms. The Morgan fingerprint density at radius 1 is 0.488 bits per heavy atom. The summed E-state index contributed by atoms with van der Waals surface area (Å²) in [4.78, 5) is 125. The lowest BCUT2D eigenvalue weighted by molar-refractivity contribution is -0.124. The van der Waals surface area contributed by atoms with E-state index in [2.05, 4.69) is 97.2 Å². The maximum Gasteiger partial charge on any atom is 0.285 e. The molecule has 0 fully saturated rings. The van der Waals surface area contributed by atoms with Crippen LogP contribution in [0.1, 0.15) is 109 Å². The largest absolute Gasteiger partial charge is 0.495 e. The highest BCUT2D eigenvalue weighted by Gasteiger charge is 2.20. The van der Waals surface area contributed by atoms with Gasteiger partial charge in [0, 0.05) is 55.2 Å². The number of isothiocyanates is 1. The van der Waals surface area contributed by atoms with Crippen LogP contribution >= 0.6 is 144 Å². The van der Waals surface area contributed by atoms with E-state index in [9.17, 15) is 43.2 Å². The third kappa shape index (κ3) is 35.0. The second kappa shape index (κ2) is 52.6. The number of thiazole rings is 4. The molecule has 0 saturated carbocycles. The number of ether oxygens (including phenoxy) is 3. The highest BCUT2D eigenvalue weighted by Crippen LogP contribution is 2.38. The summed E-state index contributed by atoms with van der Waals surface area (Å²) in [6, 6.07) is 59.9. The van der Waals surface area contributed by atoms with Crippen LogP contribution in [0.2, 0.25) is 15.1 Å². The number of aryl methyl sites for hydroxylation is 3. The summed E-state index contributed by atoms with van der Waals surface area (Å²) in [5, 5.41) is 24.0. The third-order valence-electron chi connectivity index (χ3n) is 14.8. The molecule has 26 nitrogen and oxygen atoms in total. The number of rotatable bonds is 20. The van der Waals surface area contributed by atoms with Crippen molar-refractivity contribution >= 4 is 250 Å². The van der Waals surface area contributed by atoms with E-state index in [1.54, 1.807) is 199 Å². The Balaban J connectivity index is 0.000000255. The number of alkyl halides is 2. The standard InChI is InChI=1S/C21H17ClN4O2S2.C13H11BrN2O2S.C13H12N2O2S.C8H9ClN2OS.C8H8N2OS.C8H5NOS.C7H8ClNO.C5H7ClO2/c1-12-18(30-21(23-12)26-19(27)13-6-4-3-5-7-13)16-11-29-20(25-16)24-15-10-14(22)8-9-17(15)28-2;1-8-11(10(17)7-14)19-13(15-8)16-12(18)9-5-3-2-4-6-9;1-8-11(9(2)16)18-13(14-8)15-12(17)10-6-4-3-5-7-10;1-12-7-3-2-5(9)4-6(7)11-8(10)13;9-8(12)10-7(11)6-4-2-1-3-5-6;10-8(9-6-11)7-4-2-1-3-5-7;1-10-7-3-2-5(8)4-6(7)9;1-3(7)5(6)4(2)8/h3-11H,1-2H3,(H,24,25)(H,23,26,27);2-6H,7H2,1H3,(H,15,16,18);3-7H,1-2H3,(H,14,15,17);2-4H,1H3,(H3,10,11,13);1-5H,(H3,9,10,11,12);1-5H;2-4H,9H2,1H3;5H,1-2H3. The molecular formula is C83H77BrCl4N14O12S7. The minimum atomic E-state index is -0.935. The third-order valence-corrected chi connectivity index (χ3v) is 21.0. The van der Waals surface area contributed by atoms with Gasteiger partial charge in [0.25, 0.3) is 29.5 Å². The Labute approximate surface area is 757 Å². The molecule has 0 aliphatic carbocycles. The number of benzene rings is 8. The monoisotopic (exact) mass is 1900 g/mol. The summed E-state index contributed by atoms with van der Waals surface area (Å²) in [7, 11) is 4.74. The molecule has 0 spiro atoms. The van der Waals surface area contributed by atoms with Gasteiger partial charge in [-0.3, -0.25) is 64.4 Å². The van der Waals surface area contributed by atoms with Gasteiger partial charge in [0.1, 0.15) is 22.6 Å². The molecule has 12 rings (SSSR count). The molecule has 0 unspecified atom stereocenters. The smallest absolute Gasteiger partial charge is 0.285 e. The number of halogens is 5. The number of aromatic nitrogens is 4. The SMILES string of the molecule is CC(=O)C(Cl)C(C)=O.CC(=O)c1sc(NC(=O)c2ccccc2)nc1C.COc1ccc(Cl)cc1N.COc1ccc(Cl)cc1NC(N)=S.COc1ccc(Cl)cc1Nc1nc(-c2sc(NC(=O)c3ccccc3)nc2C)cs1.Cc1nc(NC(=O)c2ccccc2)sc1C(=O)CBr.NC(=S)NC(=O)c1ccccc1.O=C(N=C=S)c1ccccc1. The molecule has 0 bridgehead atoms. The number of nitrogen functional groups attached to an aromatic ring is 1. The zero-order valence-corrected chi connectivity index (χ0v) is 75.9. The van der Waals surface area contributed by atoms with Crippen molar-refractivity contribution in [3.05, 3.63) is 281 Å². The Kier molecular flexibility index (Phi) is 43.5. The molecule has 0 aliphatic heterocycles. The molecule has 0 atom stereocenters. The fourth-order valence-corrected chi connectivity index (χ4v) is 13.9. The number of methoxy groups -OCH3 is 3. The normalized spacial score (nSPS) is 9.81. The van der Waals surface area contributed by atoms with Gasteiger partial charge in [-0.05, 0) is 187 Å². The number of nitrogens with two attached hydrogens (primary N) is 3. The fourth-order valence-electron chi connectivity index (χ4n) is 9.20. The minimum Gasteiger partial charge on any atom is -0.495 e. The van der Waals surface area contributed by atoms with E-state index in [0.717, 1.165) is 22.0 Å². The van der Waals surface area contributed by atoms with Crippen molar-refractivity contribution in [2.24, 2.45) is 16.5 Å². The number of ketones is 4. The van der Waals surface area contributed by atoms with Gasteiger partial charge in [-0.2, -0.15) is 4.99 Å². The number of hydrogen-bond acceptors (Lipinski definition) is 25. The van der Waals surface area contributed by atoms with E-state index in [4.69, 9.17) is 90.0 Å². The Morgan fingerprint density at radius 2 is 0.868 bits per heavy atom. The highest BCUT2D eigenvalue weighted by molar-refractivity contribution is 9.09. The van der Waals surface area contributed by atoms with Crippen LogP contribution in [-0.2, 0) is 9.59 Å². The number of aliphatic imine (C=N–C) groups is 1. The van der Waals surface area contributed by atoms with E-state index in [-0.39, 0.29) is 68.2 Å². The molecule has 0 aliphatic rings. The van der Waals surface area contributed by atoms with Crippen LogP contribution in [0, 0.1) is 20.8 Å². The van der Waals surface area contributed by atoms with E-state index >= 15 is 0 Å². The number of carbonyl (C=O) groups excluding carboxylic acids is 9. The maximum atomic E-state index is 12.4. The van der Waals surface area contributed by atoms with Gasteiger partial charge < -0.3 is 42.0 Å². The van der Waals surface area contributed by atoms with Crippen LogP contribution < -0.4 is 63.3 Å². The topological polar surface area (TPSA) is 395 Å². The summed E-state index contributed by atoms with van der Waals surface area (Å²) in [6.45, 7) is 9.48. The summed E-state index contributed by atoms with van der Waals surface area (Å²) < 4.78 is 15.3. The van der Waals surface area contributed by atoms with Crippen molar-refractivity contribution in [3.8, 4) is 27.8 Å². The van der Waals surface area contributed by atoms with E-state index in [0.29, 0.717) is 113 Å². The number of thiocarbonyl (C=S) groups is 3. The quantitative estimate of drug-likeness (QED) is 0.00854. The lowest BCUT2D eigenvalue weighted by Crippen LogP contribution is -2.34. The molecule has 12 aromatic rings. The van der Waals surface area contributed by atoms with Gasteiger partial charge >= 0.3 is 0 Å². The summed E-state index contributed by atoms with van der Waals surface area (Å²) in [5.74, 6) is 0.0660. The summed E-state index contributed by atoms with van der Waals surface area (Å²) in [6.07, 6.45) is 0. The summed E-state index contributed by atoms with van der Waals surface area (Å²) >= 11 is 44.6. The van der Waals surface area contributed by atoms with E-state index in [1.807, 2.05) is 59.9 Å². The van der Waals surface area contributed by atoms with Gasteiger partial charge in [-0.1, -0.05) is 176 Å². The van der Waals surface area contributed by atoms with Gasteiger partial charge in [0.15, 0.2) is 53.9 Å². The number of anilines is 7. The first-order valence-corrected chi connectivity index (χ1v) is 42.1. The van der Waals surface area contributed by atoms with Crippen molar-refractivity contribution in [1.82, 2.24) is 25.3 Å². The zero-order valence-electron chi connectivity index (χ0n) is 65.6. The average Bonchev–Trinajstić information content (AvgIpc) is 1.67. The van der Waals surface area contributed by atoms with Crippen molar-refractivity contribution in [1.29, 1.82) is 0 Å². The highest BCUT2D eigenvalue weighted by atomic mass is 79.9. The molecule has 12 N–H and O–H groups in total. The molecule has 38 heteroatoms. The van der Waals surface area contributed by atoms with Crippen LogP contribution in [0.4, 0.5) is 37.6 Å². The number of nitrogens with zero attached hydrogens (tertiary/aromatic N) is 5. The average molecular weight is 1910 g/mol. The molecular weight excluding hydrogens is 1830 g/mol. The van der Waals surface area contributed by atoms with Crippen molar-refractivity contribution < 1.29 is 57.4 Å². The molecule has 5 amide bonds. The van der Waals surface area contributed by atoms with Gasteiger partial charge in [0.05, 0.1) is 86.3 Å². The van der Waals surface area contributed by atoms with Crippen molar-refractivity contribution in [3.63, 3.8) is 0 Å². The molecule has 4 aromatic heterocycles. The minimum absolute atomic E-state index is 0.0103. The second-order valence-corrected chi connectivity index (χ2v) is 31.0. The van der Waals surface area contributed by atoms with Crippen LogP contribution in [0.3, 0.4) is 0 Å². The molecule has 0 saturated heterocycles. The maximum absolute atomic E-state index is 12.4. The van der Waals surface area contributed by atoms with Gasteiger partial charge in [-0.15, -0.1) is 22.9 Å². The Bertz CT molecular complexity index is 5590.